The third-order valence-corrected chi connectivity index (χ3v) is 4.78. The Morgan fingerprint density at radius 1 is 1.14 bits per heavy atom. The molecule has 21 heavy (non-hydrogen) atoms. The molecule has 0 saturated heterocycles. The van der Waals surface area contributed by atoms with Gasteiger partial charge >= 0.3 is 0 Å². The van der Waals surface area contributed by atoms with Crippen molar-refractivity contribution in [1.82, 2.24) is 5.32 Å². The molecular weight excluding hydrogens is 256 g/mol. The van der Waals surface area contributed by atoms with E-state index in [1.165, 1.54) is 24.1 Å². The molecule has 1 aliphatic rings. The van der Waals surface area contributed by atoms with Crippen molar-refractivity contribution in [2.45, 2.75) is 46.1 Å². The zero-order chi connectivity index (χ0) is 15.2. The Kier molecular flexibility index (Phi) is 5.86. The van der Waals surface area contributed by atoms with Crippen LogP contribution < -0.4 is 10.2 Å². The van der Waals surface area contributed by atoms with Crippen LogP contribution >= 0.6 is 0 Å². The third kappa shape index (κ3) is 4.10. The molecule has 116 valence electrons. The normalized spacial score (nSPS) is 22.0. The summed E-state index contributed by atoms with van der Waals surface area (Å²) in [7, 11) is 2.08. The Balaban J connectivity index is 2.01. The van der Waals surface area contributed by atoms with Gasteiger partial charge in [-0.05, 0) is 63.8 Å². The van der Waals surface area contributed by atoms with E-state index >= 15 is 0 Å². The first kappa shape index (κ1) is 16.1. The summed E-state index contributed by atoms with van der Waals surface area (Å²) in [6.07, 6.45) is 6.08. The van der Waals surface area contributed by atoms with Crippen LogP contribution in [0.15, 0.2) is 35.9 Å². The molecule has 0 aliphatic heterocycles. The summed E-state index contributed by atoms with van der Waals surface area (Å²) in [5.41, 5.74) is 4.38. The quantitative estimate of drug-likeness (QED) is 0.795. The second kappa shape index (κ2) is 7.65. The van der Waals surface area contributed by atoms with Crippen molar-refractivity contribution >= 4 is 5.69 Å². The fraction of sp³-hybridized carbons (Fsp3) is 0.579. The van der Waals surface area contributed by atoms with Gasteiger partial charge in [0.05, 0.1) is 0 Å². The number of nitrogens with one attached hydrogen (secondary N) is 1. The minimum Gasteiger partial charge on any atom is -0.372 e. The van der Waals surface area contributed by atoms with E-state index in [1.54, 1.807) is 5.57 Å². The minimum atomic E-state index is 0.647. The number of rotatable bonds is 6. The number of hydrogen-bond donors (Lipinski definition) is 1. The Labute approximate surface area is 130 Å². The van der Waals surface area contributed by atoms with Crippen molar-refractivity contribution in [3.05, 3.63) is 41.5 Å². The maximum absolute atomic E-state index is 3.42. The largest absolute Gasteiger partial charge is 0.372 e. The highest BCUT2D eigenvalue weighted by Gasteiger charge is 2.19. The van der Waals surface area contributed by atoms with E-state index in [9.17, 15) is 0 Å². The van der Waals surface area contributed by atoms with Gasteiger partial charge in [-0.1, -0.05) is 30.7 Å². The van der Waals surface area contributed by atoms with Gasteiger partial charge in [-0.3, -0.25) is 0 Å². The van der Waals surface area contributed by atoms with Crippen LogP contribution in [0.25, 0.3) is 0 Å². The van der Waals surface area contributed by atoms with Gasteiger partial charge in [0.15, 0.2) is 0 Å². The molecule has 0 fully saturated rings. The lowest BCUT2D eigenvalue weighted by atomic mass is 9.85. The second-order valence-electron chi connectivity index (χ2n) is 6.13. The maximum Gasteiger partial charge on any atom is 0.0366 e. The fourth-order valence-electron chi connectivity index (χ4n) is 3.41. The maximum atomic E-state index is 3.42. The summed E-state index contributed by atoms with van der Waals surface area (Å²) in [6.45, 7) is 8.89. The summed E-state index contributed by atoms with van der Waals surface area (Å²) in [5.74, 6) is 0.647. The van der Waals surface area contributed by atoms with Gasteiger partial charge in [0, 0.05) is 24.8 Å². The molecule has 1 aromatic rings. The predicted octanol–water partition coefficient (Wildman–Crippen LogP) is 4.02. The van der Waals surface area contributed by atoms with Gasteiger partial charge in [0.25, 0.3) is 0 Å². The van der Waals surface area contributed by atoms with Crippen molar-refractivity contribution in [2.75, 3.05) is 25.0 Å². The standard InChI is InChI=1S/C19H30N2/c1-5-21(6-2)18-10-7-16(8-11-18)14-17-9-12-19(20-4)15(3)13-17/h7-8,10-11,13,15,19-20H,5-6,9,12,14H2,1-4H3. The predicted molar refractivity (Wildman–Crippen MR) is 93.0 cm³/mol. The van der Waals surface area contributed by atoms with Gasteiger partial charge in [0.1, 0.15) is 0 Å². The van der Waals surface area contributed by atoms with E-state index < -0.39 is 0 Å². The van der Waals surface area contributed by atoms with Crippen LogP contribution in [0, 0.1) is 5.92 Å². The molecule has 1 aliphatic carbocycles. The van der Waals surface area contributed by atoms with Gasteiger partial charge in [-0.2, -0.15) is 0 Å². The van der Waals surface area contributed by atoms with Crippen LogP contribution in [-0.4, -0.2) is 26.2 Å². The van der Waals surface area contributed by atoms with Gasteiger partial charge in [0.2, 0.25) is 0 Å². The second-order valence-corrected chi connectivity index (χ2v) is 6.13. The molecular formula is C19H30N2. The van der Waals surface area contributed by atoms with Crippen LogP contribution in [0.2, 0.25) is 0 Å². The molecule has 0 amide bonds. The van der Waals surface area contributed by atoms with Crippen LogP contribution in [0.4, 0.5) is 5.69 Å². The summed E-state index contributed by atoms with van der Waals surface area (Å²) in [4.78, 5) is 2.39. The van der Waals surface area contributed by atoms with Gasteiger partial charge < -0.3 is 10.2 Å². The Morgan fingerprint density at radius 3 is 2.33 bits per heavy atom. The molecule has 0 spiro atoms. The number of nitrogens with zero attached hydrogens (tertiary/aromatic N) is 1. The first-order valence-electron chi connectivity index (χ1n) is 8.38. The van der Waals surface area contributed by atoms with E-state index in [0.717, 1.165) is 19.5 Å². The lowest BCUT2D eigenvalue weighted by Gasteiger charge is -2.27. The lowest BCUT2D eigenvalue weighted by molar-refractivity contribution is 0.411. The van der Waals surface area contributed by atoms with E-state index in [0.29, 0.717) is 12.0 Å². The molecule has 2 nitrogen and oxygen atoms in total. The molecule has 2 rings (SSSR count). The number of benzene rings is 1. The third-order valence-electron chi connectivity index (χ3n) is 4.78. The lowest BCUT2D eigenvalue weighted by Crippen LogP contribution is -2.33. The summed E-state index contributed by atoms with van der Waals surface area (Å²) in [6, 6.07) is 9.78. The van der Waals surface area contributed by atoms with Crippen LogP contribution in [-0.2, 0) is 6.42 Å². The first-order valence-corrected chi connectivity index (χ1v) is 8.38. The molecule has 0 aromatic heterocycles. The van der Waals surface area contributed by atoms with E-state index in [2.05, 4.69) is 68.4 Å². The van der Waals surface area contributed by atoms with E-state index in [1.807, 2.05) is 0 Å². The summed E-state index contributed by atoms with van der Waals surface area (Å²) in [5, 5.41) is 3.42. The fourth-order valence-corrected chi connectivity index (χ4v) is 3.41. The van der Waals surface area contributed by atoms with Crippen LogP contribution in [0.3, 0.4) is 0 Å². The number of hydrogen-bond acceptors (Lipinski definition) is 2. The van der Waals surface area contributed by atoms with Crippen molar-refractivity contribution < 1.29 is 0 Å². The van der Waals surface area contributed by atoms with Crippen LogP contribution in [0.5, 0.6) is 0 Å². The topological polar surface area (TPSA) is 15.3 Å². The highest BCUT2D eigenvalue weighted by molar-refractivity contribution is 5.47. The van der Waals surface area contributed by atoms with Crippen molar-refractivity contribution in [3.63, 3.8) is 0 Å². The van der Waals surface area contributed by atoms with Gasteiger partial charge in [-0.25, -0.2) is 0 Å². The van der Waals surface area contributed by atoms with E-state index in [4.69, 9.17) is 0 Å². The average Bonchev–Trinajstić information content (AvgIpc) is 2.50. The first-order chi connectivity index (χ1) is 10.2. The summed E-state index contributed by atoms with van der Waals surface area (Å²) >= 11 is 0. The molecule has 2 atom stereocenters. The monoisotopic (exact) mass is 286 g/mol. The molecule has 0 saturated carbocycles. The van der Waals surface area contributed by atoms with Crippen molar-refractivity contribution in [2.24, 2.45) is 5.92 Å². The van der Waals surface area contributed by atoms with Gasteiger partial charge in [-0.15, -0.1) is 0 Å². The highest BCUT2D eigenvalue weighted by atomic mass is 15.1. The van der Waals surface area contributed by atoms with Crippen LogP contribution in [0.1, 0.15) is 39.2 Å². The number of anilines is 1. The molecule has 0 radical (unpaired) electrons. The summed E-state index contributed by atoms with van der Waals surface area (Å²) < 4.78 is 0. The Bertz CT molecular complexity index is 457. The molecule has 0 heterocycles. The zero-order valence-electron chi connectivity index (χ0n) is 14.0. The molecule has 1 aromatic carbocycles. The Hall–Kier alpha value is -1.28. The van der Waals surface area contributed by atoms with E-state index in [-0.39, 0.29) is 0 Å². The molecule has 2 unspecified atom stereocenters. The molecule has 1 N–H and O–H groups in total. The molecule has 0 bridgehead atoms. The Morgan fingerprint density at radius 2 is 1.81 bits per heavy atom. The highest BCUT2D eigenvalue weighted by Crippen LogP contribution is 2.26. The van der Waals surface area contributed by atoms with Crippen molar-refractivity contribution in [1.29, 1.82) is 0 Å². The SMILES string of the molecule is CCN(CC)c1ccc(CC2=CC(C)C(NC)CC2)cc1. The average molecular weight is 286 g/mol. The molecule has 2 heteroatoms. The van der Waals surface area contributed by atoms with Crippen molar-refractivity contribution in [3.8, 4) is 0 Å². The minimum absolute atomic E-state index is 0.647. The number of allylic oxidation sites excluding steroid dienone is 1. The zero-order valence-corrected chi connectivity index (χ0v) is 14.0. The smallest absolute Gasteiger partial charge is 0.0366 e.